The van der Waals surface area contributed by atoms with Gasteiger partial charge < -0.3 is 9.47 Å². The zero-order valence-corrected chi connectivity index (χ0v) is 11.7. The van der Waals surface area contributed by atoms with Crippen molar-refractivity contribution in [2.45, 2.75) is 19.6 Å². The van der Waals surface area contributed by atoms with E-state index in [0.717, 1.165) is 0 Å². The minimum atomic E-state index is -3.28. The van der Waals surface area contributed by atoms with Gasteiger partial charge in [-0.15, -0.1) is 0 Å². The first-order valence-electron chi connectivity index (χ1n) is 5.79. The molecule has 0 fully saturated rings. The molecule has 0 aromatic heterocycles. The van der Waals surface area contributed by atoms with Gasteiger partial charge in [-0.2, -0.15) is 0 Å². The fraction of sp³-hybridized carbons (Fsp3) is 0.500. The summed E-state index contributed by atoms with van der Waals surface area (Å²) >= 11 is 0. The maximum atomic E-state index is 11.6. The first kappa shape index (κ1) is 14.8. The van der Waals surface area contributed by atoms with Gasteiger partial charge in [0, 0.05) is 6.54 Å². The molecule has 1 aromatic carbocycles. The lowest BCUT2D eigenvalue weighted by Gasteiger charge is -2.11. The second-order valence-electron chi connectivity index (χ2n) is 3.68. The van der Waals surface area contributed by atoms with Crippen molar-refractivity contribution in [1.29, 1.82) is 0 Å². The molecule has 0 unspecified atom stereocenters. The molecule has 0 saturated carbocycles. The molecule has 0 radical (unpaired) electrons. The highest BCUT2D eigenvalue weighted by molar-refractivity contribution is 7.88. The normalized spacial score (nSPS) is 11.3. The topological polar surface area (TPSA) is 64.6 Å². The number of rotatable bonds is 7. The number of methoxy groups -OCH3 is 1. The van der Waals surface area contributed by atoms with Crippen LogP contribution in [0.1, 0.15) is 19.4 Å². The zero-order chi connectivity index (χ0) is 13.6. The summed E-state index contributed by atoms with van der Waals surface area (Å²) in [6.07, 6.45) is 0. The predicted molar refractivity (Wildman–Crippen MR) is 70.5 cm³/mol. The van der Waals surface area contributed by atoms with E-state index in [1.165, 1.54) is 0 Å². The molecule has 0 amide bonds. The van der Waals surface area contributed by atoms with E-state index in [-0.39, 0.29) is 5.75 Å². The molecule has 0 atom stereocenters. The molecule has 102 valence electrons. The second-order valence-corrected chi connectivity index (χ2v) is 5.48. The maximum absolute atomic E-state index is 11.6. The number of hydrogen-bond donors (Lipinski definition) is 1. The highest BCUT2D eigenvalue weighted by Gasteiger charge is 2.12. The van der Waals surface area contributed by atoms with E-state index < -0.39 is 10.0 Å². The van der Waals surface area contributed by atoms with Crippen molar-refractivity contribution in [1.82, 2.24) is 4.72 Å². The van der Waals surface area contributed by atoms with E-state index in [4.69, 9.17) is 9.47 Å². The quantitative estimate of drug-likeness (QED) is 0.818. The number of benzene rings is 1. The Morgan fingerprint density at radius 3 is 2.50 bits per heavy atom. The van der Waals surface area contributed by atoms with E-state index in [1.54, 1.807) is 32.2 Å². The highest BCUT2D eigenvalue weighted by atomic mass is 32.2. The van der Waals surface area contributed by atoms with Crippen molar-refractivity contribution >= 4 is 10.0 Å². The lowest BCUT2D eigenvalue weighted by molar-refractivity contribution is 0.310. The number of nitrogens with one attached hydrogen (secondary N) is 1. The third-order valence-electron chi connectivity index (χ3n) is 2.25. The standard InChI is InChI=1S/C12H19NO4S/c1-4-13-18(14,15)9-10-6-7-11(16-3)12(8-10)17-5-2/h6-8,13H,4-5,9H2,1-3H3. The molecule has 0 heterocycles. The van der Waals surface area contributed by atoms with Crippen molar-refractivity contribution in [3.8, 4) is 11.5 Å². The Bertz CT molecular complexity index is 485. The third kappa shape index (κ3) is 4.19. The summed E-state index contributed by atoms with van der Waals surface area (Å²) < 4.78 is 36.3. The first-order chi connectivity index (χ1) is 8.52. The van der Waals surface area contributed by atoms with Gasteiger partial charge in [0.25, 0.3) is 0 Å². The van der Waals surface area contributed by atoms with Crippen LogP contribution in [0.2, 0.25) is 0 Å². The van der Waals surface area contributed by atoms with Gasteiger partial charge >= 0.3 is 0 Å². The van der Waals surface area contributed by atoms with Crippen LogP contribution >= 0.6 is 0 Å². The molecule has 0 bridgehead atoms. The SMILES string of the molecule is CCNS(=O)(=O)Cc1ccc(OC)c(OCC)c1. The fourth-order valence-corrected chi connectivity index (χ4v) is 2.73. The summed E-state index contributed by atoms with van der Waals surface area (Å²) in [5.74, 6) is 1.09. The van der Waals surface area contributed by atoms with E-state index >= 15 is 0 Å². The smallest absolute Gasteiger partial charge is 0.215 e. The average molecular weight is 273 g/mol. The number of ether oxygens (including phenoxy) is 2. The monoisotopic (exact) mass is 273 g/mol. The van der Waals surface area contributed by atoms with E-state index in [9.17, 15) is 8.42 Å². The van der Waals surface area contributed by atoms with Gasteiger partial charge in [0.15, 0.2) is 11.5 Å². The fourth-order valence-electron chi connectivity index (χ4n) is 1.57. The van der Waals surface area contributed by atoms with Crippen molar-refractivity contribution < 1.29 is 17.9 Å². The van der Waals surface area contributed by atoms with Crippen molar-refractivity contribution in [3.63, 3.8) is 0 Å². The molecule has 6 heteroatoms. The van der Waals surface area contributed by atoms with Crippen LogP contribution in [0, 0.1) is 0 Å². The summed E-state index contributed by atoms with van der Waals surface area (Å²) in [4.78, 5) is 0. The van der Waals surface area contributed by atoms with Gasteiger partial charge in [0.1, 0.15) is 0 Å². The summed E-state index contributed by atoms with van der Waals surface area (Å²) in [6, 6.07) is 5.12. The summed E-state index contributed by atoms with van der Waals surface area (Å²) in [7, 11) is -1.73. The minimum Gasteiger partial charge on any atom is -0.493 e. The molecule has 0 aliphatic carbocycles. The molecule has 1 aromatic rings. The van der Waals surface area contributed by atoms with Crippen molar-refractivity contribution in [2.75, 3.05) is 20.3 Å². The lowest BCUT2D eigenvalue weighted by Crippen LogP contribution is -2.24. The number of sulfonamides is 1. The van der Waals surface area contributed by atoms with Crippen LogP contribution in [0.5, 0.6) is 11.5 Å². The van der Waals surface area contributed by atoms with Gasteiger partial charge in [-0.05, 0) is 24.6 Å². The largest absolute Gasteiger partial charge is 0.493 e. The summed E-state index contributed by atoms with van der Waals surface area (Å²) in [6.45, 7) is 4.50. The maximum Gasteiger partial charge on any atom is 0.215 e. The molecule has 1 N–H and O–H groups in total. The van der Waals surface area contributed by atoms with E-state index in [1.807, 2.05) is 6.92 Å². The minimum absolute atomic E-state index is 0.0646. The second kappa shape index (κ2) is 6.61. The van der Waals surface area contributed by atoms with Crippen LogP contribution < -0.4 is 14.2 Å². The van der Waals surface area contributed by atoms with Crippen LogP contribution in [0.4, 0.5) is 0 Å². The lowest BCUT2D eigenvalue weighted by atomic mass is 10.2. The van der Waals surface area contributed by atoms with Crippen LogP contribution in [-0.2, 0) is 15.8 Å². The molecule has 0 saturated heterocycles. The molecule has 0 spiro atoms. The zero-order valence-electron chi connectivity index (χ0n) is 10.9. The molecular formula is C12H19NO4S. The van der Waals surface area contributed by atoms with Crippen LogP contribution in [-0.4, -0.2) is 28.7 Å². The highest BCUT2D eigenvalue weighted by Crippen LogP contribution is 2.28. The molecular weight excluding hydrogens is 254 g/mol. The average Bonchev–Trinajstić information content (AvgIpc) is 2.29. The summed E-state index contributed by atoms with van der Waals surface area (Å²) in [5.41, 5.74) is 0.667. The van der Waals surface area contributed by atoms with Gasteiger partial charge in [-0.3, -0.25) is 0 Å². The Labute approximate surface area is 108 Å². The third-order valence-corrected chi connectivity index (χ3v) is 3.69. The van der Waals surface area contributed by atoms with Crippen LogP contribution in [0.25, 0.3) is 0 Å². The predicted octanol–water partition coefficient (Wildman–Crippen LogP) is 1.53. The van der Waals surface area contributed by atoms with Crippen molar-refractivity contribution in [2.24, 2.45) is 0 Å². The molecule has 0 aliphatic rings. The number of hydrogen-bond acceptors (Lipinski definition) is 4. The molecule has 1 rings (SSSR count). The Hall–Kier alpha value is -1.27. The first-order valence-corrected chi connectivity index (χ1v) is 7.44. The van der Waals surface area contributed by atoms with Gasteiger partial charge in [0.2, 0.25) is 10.0 Å². The van der Waals surface area contributed by atoms with Crippen LogP contribution in [0.15, 0.2) is 18.2 Å². The summed E-state index contributed by atoms with van der Waals surface area (Å²) in [5, 5.41) is 0. The van der Waals surface area contributed by atoms with Gasteiger partial charge in [-0.25, -0.2) is 13.1 Å². The molecule has 0 aliphatic heterocycles. The Kier molecular flexibility index (Phi) is 5.43. The Balaban J connectivity index is 2.94. The van der Waals surface area contributed by atoms with E-state index in [0.29, 0.717) is 30.2 Å². The Morgan fingerprint density at radius 1 is 1.22 bits per heavy atom. The van der Waals surface area contributed by atoms with Gasteiger partial charge in [-0.1, -0.05) is 13.0 Å². The van der Waals surface area contributed by atoms with Gasteiger partial charge in [0.05, 0.1) is 19.5 Å². The van der Waals surface area contributed by atoms with E-state index in [2.05, 4.69) is 4.72 Å². The van der Waals surface area contributed by atoms with Crippen LogP contribution in [0.3, 0.4) is 0 Å². The molecule has 5 nitrogen and oxygen atoms in total. The van der Waals surface area contributed by atoms with Crippen molar-refractivity contribution in [3.05, 3.63) is 23.8 Å². The Morgan fingerprint density at radius 2 is 1.94 bits per heavy atom. The molecule has 18 heavy (non-hydrogen) atoms.